The molecule has 0 aliphatic heterocycles. The van der Waals surface area contributed by atoms with Crippen molar-refractivity contribution >= 4 is 11.9 Å². The molecule has 1 saturated carbocycles. The monoisotopic (exact) mass is 266 g/mol. The largest absolute Gasteiger partial charge is 0.480 e. The molecular formula is C12H18N4O3. The molecule has 1 heterocycles. The Hall–Kier alpha value is -1.92. The second-order valence-electron chi connectivity index (χ2n) is 4.97. The summed E-state index contributed by atoms with van der Waals surface area (Å²) in [7, 11) is 1.61. The van der Waals surface area contributed by atoms with Crippen LogP contribution in [0.5, 0.6) is 0 Å². The number of amides is 1. The first-order valence-electron chi connectivity index (χ1n) is 6.46. The van der Waals surface area contributed by atoms with Gasteiger partial charge in [-0.2, -0.15) is 9.90 Å². The van der Waals surface area contributed by atoms with E-state index in [1.807, 2.05) is 0 Å². The number of aryl methyl sites for hydroxylation is 1. The van der Waals surface area contributed by atoms with Crippen LogP contribution in [0.1, 0.15) is 49.0 Å². The third-order valence-corrected chi connectivity index (χ3v) is 3.55. The second-order valence-corrected chi connectivity index (χ2v) is 4.97. The van der Waals surface area contributed by atoms with Crippen molar-refractivity contribution in [1.82, 2.24) is 20.3 Å². The molecule has 1 aromatic rings. The average molecular weight is 266 g/mol. The molecule has 0 saturated heterocycles. The Morgan fingerprint density at radius 1 is 1.32 bits per heavy atom. The maximum atomic E-state index is 12.1. The molecule has 2 rings (SSSR count). The van der Waals surface area contributed by atoms with Gasteiger partial charge in [0.1, 0.15) is 5.54 Å². The molecule has 0 aromatic carbocycles. The van der Waals surface area contributed by atoms with Gasteiger partial charge in [0.2, 0.25) is 0 Å². The highest BCUT2D eigenvalue weighted by Gasteiger charge is 2.40. The number of carbonyl (C=O) groups excluding carboxylic acids is 1. The van der Waals surface area contributed by atoms with Crippen molar-refractivity contribution in [3.8, 4) is 0 Å². The maximum absolute atomic E-state index is 12.1. The van der Waals surface area contributed by atoms with Crippen LogP contribution in [-0.4, -0.2) is 37.5 Å². The van der Waals surface area contributed by atoms with E-state index in [-0.39, 0.29) is 5.69 Å². The number of hydrogen-bond acceptors (Lipinski definition) is 4. The Morgan fingerprint density at radius 2 is 1.95 bits per heavy atom. The van der Waals surface area contributed by atoms with Crippen molar-refractivity contribution in [1.29, 1.82) is 0 Å². The summed E-state index contributed by atoms with van der Waals surface area (Å²) in [4.78, 5) is 24.9. The van der Waals surface area contributed by atoms with Crippen molar-refractivity contribution in [2.24, 2.45) is 7.05 Å². The van der Waals surface area contributed by atoms with Crippen molar-refractivity contribution in [2.45, 2.75) is 44.1 Å². The molecule has 0 radical (unpaired) electrons. The SMILES string of the molecule is Cn1ncc(C(=O)NC2(C(=O)O)CCCCCC2)n1. The summed E-state index contributed by atoms with van der Waals surface area (Å²) in [6.07, 6.45) is 5.91. The molecule has 1 fully saturated rings. The van der Waals surface area contributed by atoms with Gasteiger partial charge in [-0.05, 0) is 12.8 Å². The standard InChI is InChI=1S/C12H18N4O3/c1-16-13-8-9(15-16)10(17)14-12(11(18)19)6-4-2-3-5-7-12/h8H,2-7H2,1H3,(H,14,17)(H,18,19). The fourth-order valence-corrected chi connectivity index (χ4v) is 2.46. The van der Waals surface area contributed by atoms with Gasteiger partial charge < -0.3 is 10.4 Å². The predicted molar refractivity (Wildman–Crippen MR) is 66.5 cm³/mol. The van der Waals surface area contributed by atoms with E-state index in [0.29, 0.717) is 12.8 Å². The number of carboxylic acids is 1. The Morgan fingerprint density at radius 3 is 2.42 bits per heavy atom. The summed E-state index contributed by atoms with van der Waals surface area (Å²) in [6, 6.07) is 0. The Bertz CT molecular complexity index is 475. The molecule has 19 heavy (non-hydrogen) atoms. The lowest BCUT2D eigenvalue weighted by Crippen LogP contribution is -2.54. The second kappa shape index (κ2) is 5.38. The Balaban J connectivity index is 2.16. The fraction of sp³-hybridized carbons (Fsp3) is 0.667. The van der Waals surface area contributed by atoms with Crippen LogP contribution in [0.25, 0.3) is 0 Å². The van der Waals surface area contributed by atoms with Crippen molar-refractivity contribution < 1.29 is 14.7 Å². The molecule has 7 nitrogen and oxygen atoms in total. The number of aromatic nitrogens is 3. The molecule has 1 aromatic heterocycles. The van der Waals surface area contributed by atoms with Crippen molar-refractivity contribution in [3.05, 3.63) is 11.9 Å². The zero-order valence-electron chi connectivity index (χ0n) is 10.9. The van der Waals surface area contributed by atoms with Crippen molar-refractivity contribution in [3.63, 3.8) is 0 Å². The summed E-state index contributed by atoms with van der Waals surface area (Å²) in [5, 5.41) is 19.8. The minimum absolute atomic E-state index is 0.146. The van der Waals surface area contributed by atoms with E-state index in [4.69, 9.17) is 0 Å². The Labute approximate surface area is 111 Å². The normalized spacial score (nSPS) is 18.6. The van der Waals surface area contributed by atoms with Crippen LogP contribution in [0.3, 0.4) is 0 Å². The molecule has 0 unspecified atom stereocenters. The van der Waals surface area contributed by atoms with Gasteiger partial charge in [0, 0.05) is 7.05 Å². The van der Waals surface area contributed by atoms with Gasteiger partial charge in [-0.15, -0.1) is 5.10 Å². The lowest BCUT2D eigenvalue weighted by Gasteiger charge is -2.28. The lowest BCUT2D eigenvalue weighted by molar-refractivity contribution is -0.145. The summed E-state index contributed by atoms with van der Waals surface area (Å²) in [6.45, 7) is 0. The van der Waals surface area contributed by atoms with Gasteiger partial charge in [-0.1, -0.05) is 25.7 Å². The summed E-state index contributed by atoms with van der Waals surface area (Å²) in [5.74, 6) is -1.44. The molecule has 7 heteroatoms. The first-order chi connectivity index (χ1) is 9.03. The lowest BCUT2D eigenvalue weighted by atomic mass is 9.90. The number of carboxylic acid groups (broad SMARTS) is 1. The highest BCUT2D eigenvalue weighted by Crippen LogP contribution is 2.27. The summed E-state index contributed by atoms with van der Waals surface area (Å²) < 4.78 is 0. The number of rotatable bonds is 3. The van der Waals surface area contributed by atoms with Gasteiger partial charge >= 0.3 is 5.97 Å². The molecule has 0 bridgehead atoms. The van der Waals surface area contributed by atoms with Crippen LogP contribution in [-0.2, 0) is 11.8 Å². The quantitative estimate of drug-likeness (QED) is 0.786. The number of nitrogens with one attached hydrogen (secondary N) is 1. The van der Waals surface area contributed by atoms with Crippen molar-refractivity contribution in [2.75, 3.05) is 0 Å². The highest BCUT2D eigenvalue weighted by molar-refractivity contribution is 5.96. The first kappa shape index (κ1) is 13.5. The zero-order valence-corrected chi connectivity index (χ0v) is 10.9. The van der Waals surface area contributed by atoms with E-state index in [2.05, 4.69) is 15.5 Å². The first-order valence-corrected chi connectivity index (χ1v) is 6.46. The Kier molecular flexibility index (Phi) is 3.82. The number of aliphatic carboxylic acids is 1. The fourth-order valence-electron chi connectivity index (χ4n) is 2.46. The van der Waals surface area contributed by atoms with Gasteiger partial charge in [0.25, 0.3) is 5.91 Å². The van der Waals surface area contributed by atoms with E-state index in [9.17, 15) is 14.7 Å². The average Bonchev–Trinajstić information content (AvgIpc) is 2.65. The van der Waals surface area contributed by atoms with E-state index in [0.717, 1.165) is 25.7 Å². The van der Waals surface area contributed by atoms with Crippen LogP contribution in [0.15, 0.2) is 6.20 Å². The van der Waals surface area contributed by atoms with E-state index >= 15 is 0 Å². The minimum atomic E-state index is -1.16. The van der Waals surface area contributed by atoms with Crippen LogP contribution >= 0.6 is 0 Å². The minimum Gasteiger partial charge on any atom is -0.480 e. The molecule has 1 amide bonds. The maximum Gasteiger partial charge on any atom is 0.329 e. The number of hydrogen-bond donors (Lipinski definition) is 2. The van der Waals surface area contributed by atoms with E-state index in [1.54, 1.807) is 7.05 Å². The smallest absolute Gasteiger partial charge is 0.329 e. The summed E-state index contributed by atoms with van der Waals surface area (Å²) >= 11 is 0. The molecule has 1 aliphatic rings. The van der Waals surface area contributed by atoms with Crippen LogP contribution < -0.4 is 5.32 Å². The predicted octanol–water partition coefficient (Wildman–Crippen LogP) is 0.722. The summed E-state index contributed by atoms with van der Waals surface area (Å²) in [5.41, 5.74) is -1.02. The third-order valence-electron chi connectivity index (χ3n) is 3.55. The molecular weight excluding hydrogens is 248 g/mol. The molecule has 2 N–H and O–H groups in total. The number of nitrogens with zero attached hydrogens (tertiary/aromatic N) is 3. The van der Waals surface area contributed by atoms with Gasteiger partial charge in [0.05, 0.1) is 6.20 Å². The van der Waals surface area contributed by atoms with Crippen LogP contribution in [0.4, 0.5) is 0 Å². The van der Waals surface area contributed by atoms with Gasteiger partial charge in [0.15, 0.2) is 5.69 Å². The molecule has 104 valence electrons. The highest BCUT2D eigenvalue weighted by atomic mass is 16.4. The third kappa shape index (κ3) is 2.91. The van der Waals surface area contributed by atoms with E-state index < -0.39 is 17.4 Å². The van der Waals surface area contributed by atoms with Gasteiger partial charge in [-0.25, -0.2) is 4.79 Å². The molecule has 0 spiro atoms. The van der Waals surface area contributed by atoms with Gasteiger partial charge in [-0.3, -0.25) is 4.79 Å². The molecule has 0 atom stereocenters. The van der Waals surface area contributed by atoms with E-state index in [1.165, 1.54) is 11.0 Å². The van der Waals surface area contributed by atoms with Crippen LogP contribution in [0.2, 0.25) is 0 Å². The zero-order chi connectivity index (χ0) is 13.9. The number of carbonyl (C=O) groups is 2. The topological polar surface area (TPSA) is 97.1 Å². The molecule has 1 aliphatic carbocycles. The van der Waals surface area contributed by atoms with Crippen LogP contribution in [0, 0.1) is 0 Å².